The van der Waals surface area contributed by atoms with E-state index in [-0.39, 0.29) is 17.4 Å². The Kier molecular flexibility index (Phi) is 5.45. The van der Waals surface area contributed by atoms with Gasteiger partial charge in [0.15, 0.2) is 5.76 Å². The number of piperazine rings is 1. The molecule has 1 aliphatic heterocycles. The fraction of sp³-hybridized carbons (Fsp3) is 0.333. The number of benzene rings is 1. The molecule has 0 radical (unpaired) electrons. The molecule has 0 bridgehead atoms. The number of fused-ring (bicyclic) bond motifs is 3. The smallest absolute Gasteiger partial charge is 0.291 e. The standard InChI is InChI=1S/C24H25N5O4/c1-26-24(32)22-18(16-25-26)17-6-2-3-7-19(17)29(22)10-4-9-21(30)27-11-13-28(14-12-27)23(31)20-8-5-15-33-20/h2-3,5-8,15-16H,4,9-14H2,1H3. The second-order valence-corrected chi connectivity index (χ2v) is 8.26. The molecule has 4 heterocycles. The van der Waals surface area contributed by atoms with Gasteiger partial charge in [0.2, 0.25) is 5.91 Å². The number of hydrogen-bond donors (Lipinski definition) is 0. The van der Waals surface area contributed by atoms with Crippen LogP contribution in [0.15, 0.2) is 58.1 Å². The zero-order chi connectivity index (χ0) is 22.9. The Morgan fingerprint density at radius 1 is 1.00 bits per heavy atom. The fourth-order valence-electron chi connectivity index (χ4n) is 4.54. The minimum Gasteiger partial charge on any atom is -0.459 e. The van der Waals surface area contributed by atoms with E-state index >= 15 is 0 Å². The molecule has 170 valence electrons. The van der Waals surface area contributed by atoms with Crippen molar-refractivity contribution in [2.24, 2.45) is 7.05 Å². The third kappa shape index (κ3) is 3.79. The summed E-state index contributed by atoms with van der Waals surface area (Å²) in [6, 6.07) is 11.2. The van der Waals surface area contributed by atoms with Crippen LogP contribution in [0, 0.1) is 0 Å². The van der Waals surface area contributed by atoms with Crippen LogP contribution >= 0.6 is 0 Å². The summed E-state index contributed by atoms with van der Waals surface area (Å²) in [4.78, 5) is 41.5. The Balaban J connectivity index is 1.24. The highest BCUT2D eigenvalue weighted by atomic mass is 16.3. The molecule has 1 saturated heterocycles. The Morgan fingerprint density at radius 3 is 2.52 bits per heavy atom. The van der Waals surface area contributed by atoms with Gasteiger partial charge in [-0.3, -0.25) is 14.4 Å². The van der Waals surface area contributed by atoms with Gasteiger partial charge in [-0.2, -0.15) is 5.10 Å². The van der Waals surface area contributed by atoms with Gasteiger partial charge in [-0.05, 0) is 24.6 Å². The maximum Gasteiger partial charge on any atom is 0.291 e. The lowest BCUT2D eigenvalue weighted by atomic mass is 10.2. The van der Waals surface area contributed by atoms with E-state index in [0.29, 0.717) is 56.8 Å². The Morgan fingerprint density at radius 2 is 1.76 bits per heavy atom. The van der Waals surface area contributed by atoms with Crippen LogP contribution in [0.5, 0.6) is 0 Å². The van der Waals surface area contributed by atoms with Crippen molar-refractivity contribution >= 4 is 33.6 Å². The molecule has 1 aliphatic rings. The summed E-state index contributed by atoms with van der Waals surface area (Å²) in [5.41, 5.74) is 1.44. The number of rotatable bonds is 5. The summed E-state index contributed by atoms with van der Waals surface area (Å²) in [6.07, 6.45) is 4.20. The quantitative estimate of drug-likeness (QED) is 0.468. The molecule has 0 aliphatic carbocycles. The van der Waals surface area contributed by atoms with E-state index in [4.69, 9.17) is 4.42 Å². The van der Waals surface area contributed by atoms with Gasteiger partial charge in [0.25, 0.3) is 11.5 Å². The van der Waals surface area contributed by atoms with Gasteiger partial charge in [0, 0.05) is 62.5 Å². The van der Waals surface area contributed by atoms with Crippen molar-refractivity contribution in [2.45, 2.75) is 19.4 Å². The largest absolute Gasteiger partial charge is 0.459 e. The van der Waals surface area contributed by atoms with E-state index in [1.165, 1.54) is 10.9 Å². The van der Waals surface area contributed by atoms with Crippen molar-refractivity contribution in [3.05, 3.63) is 65.0 Å². The fourth-order valence-corrected chi connectivity index (χ4v) is 4.54. The molecule has 2 amide bonds. The second kappa shape index (κ2) is 8.57. The predicted molar refractivity (Wildman–Crippen MR) is 123 cm³/mol. The molecule has 33 heavy (non-hydrogen) atoms. The third-order valence-electron chi connectivity index (χ3n) is 6.29. The van der Waals surface area contributed by atoms with E-state index in [9.17, 15) is 14.4 Å². The van der Waals surface area contributed by atoms with Crippen molar-refractivity contribution < 1.29 is 14.0 Å². The van der Waals surface area contributed by atoms with Gasteiger partial charge in [-0.1, -0.05) is 18.2 Å². The van der Waals surface area contributed by atoms with Crippen LogP contribution < -0.4 is 5.56 Å². The number of amides is 2. The van der Waals surface area contributed by atoms with Gasteiger partial charge in [0.1, 0.15) is 5.52 Å². The van der Waals surface area contributed by atoms with Crippen LogP contribution in [0.3, 0.4) is 0 Å². The minimum absolute atomic E-state index is 0.0652. The van der Waals surface area contributed by atoms with Gasteiger partial charge in [-0.15, -0.1) is 0 Å². The van der Waals surface area contributed by atoms with Crippen LogP contribution in [0.4, 0.5) is 0 Å². The zero-order valence-corrected chi connectivity index (χ0v) is 18.4. The zero-order valence-electron chi connectivity index (χ0n) is 18.4. The molecule has 0 atom stereocenters. The number of carbonyl (C=O) groups is 2. The molecule has 5 rings (SSSR count). The van der Waals surface area contributed by atoms with Crippen LogP contribution in [0.25, 0.3) is 21.8 Å². The van der Waals surface area contributed by atoms with E-state index in [1.54, 1.807) is 35.2 Å². The maximum absolute atomic E-state index is 12.8. The first-order valence-electron chi connectivity index (χ1n) is 11.1. The number of nitrogens with zero attached hydrogens (tertiary/aromatic N) is 5. The summed E-state index contributed by atoms with van der Waals surface area (Å²) in [5.74, 6) is 0.243. The van der Waals surface area contributed by atoms with Crippen molar-refractivity contribution in [2.75, 3.05) is 26.2 Å². The molecule has 9 heteroatoms. The predicted octanol–water partition coefficient (Wildman–Crippen LogP) is 2.25. The van der Waals surface area contributed by atoms with Gasteiger partial charge >= 0.3 is 0 Å². The van der Waals surface area contributed by atoms with Crippen LogP contribution in [0.2, 0.25) is 0 Å². The number of furan rings is 1. The Labute approximate surface area is 189 Å². The third-order valence-corrected chi connectivity index (χ3v) is 6.29. The Bertz CT molecular complexity index is 1380. The molecule has 0 saturated carbocycles. The SMILES string of the molecule is Cn1ncc2c3ccccc3n(CCCC(=O)N3CCN(C(=O)c4ccco4)CC3)c2c1=O. The monoisotopic (exact) mass is 447 g/mol. The minimum atomic E-state index is -0.146. The van der Waals surface area contributed by atoms with Crippen molar-refractivity contribution in [1.82, 2.24) is 24.1 Å². The van der Waals surface area contributed by atoms with E-state index in [0.717, 1.165) is 16.3 Å². The lowest BCUT2D eigenvalue weighted by molar-refractivity contribution is -0.132. The molecule has 0 N–H and O–H groups in total. The van der Waals surface area contributed by atoms with E-state index < -0.39 is 0 Å². The van der Waals surface area contributed by atoms with Crippen LogP contribution in [-0.2, 0) is 18.4 Å². The number of carbonyl (C=O) groups excluding carboxylic acids is 2. The lowest BCUT2D eigenvalue weighted by Gasteiger charge is -2.34. The average Bonchev–Trinajstić information content (AvgIpc) is 3.48. The molecule has 9 nitrogen and oxygen atoms in total. The highest BCUT2D eigenvalue weighted by molar-refractivity contribution is 6.07. The van der Waals surface area contributed by atoms with E-state index in [1.807, 2.05) is 28.8 Å². The second-order valence-electron chi connectivity index (χ2n) is 8.26. The van der Waals surface area contributed by atoms with Crippen molar-refractivity contribution in [3.8, 4) is 0 Å². The molecule has 4 aromatic rings. The number of para-hydroxylation sites is 1. The Hall–Kier alpha value is -3.88. The summed E-state index contributed by atoms with van der Waals surface area (Å²) in [5, 5.41) is 5.99. The van der Waals surface area contributed by atoms with Crippen molar-refractivity contribution in [3.63, 3.8) is 0 Å². The number of hydrogen-bond acceptors (Lipinski definition) is 5. The normalized spacial score (nSPS) is 14.3. The first-order chi connectivity index (χ1) is 16.0. The summed E-state index contributed by atoms with van der Waals surface area (Å²) in [6.45, 7) is 2.55. The number of aromatic nitrogens is 3. The highest BCUT2D eigenvalue weighted by Gasteiger charge is 2.26. The summed E-state index contributed by atoms with van der Waals surface area (Å²) < 4.78 is 8.53. The van der Waals surface area contributed by atoms with Gasteiger partial charge in [0.05, 0.1) is 12.5 Å². The maximum atomic E-state index is 12.8. The van der Waals surface area contributed by atoms with Gasteiger partial charge in [-0.25, -0.2) is 4.68 Å². The number of aryl methyl sites for hydroxylation is 2. The lowest BCUT2D eigenvalue weighted by Crippen LogP contribution is -2.50. The molecule has 0 spiro atoms. The van der Waals surface area contributed by atoms with Crippen LogP contribution in [0.1, 0.15) is 23.4 Å². The molecular weight excluding hydrogens is 422 g/mol. The summed E-state index contributed by atoms with van der Waals surface area (Å²) >= 11 is 0. The summed E-state index contributed by atoms with van der Waals surface area (Å²) in [7, 11) is 1.64. The van der Waals surface area contributed by atoms with Crippen LogP contribution in [-0.4, -0.2) is 62.1 Å². The molecular formula is C24H25N5O4. The first kappa shape index (κ1) is 21.0. The van der Waals surface area contributed by atoms with E-state index in [2.05, 4.69) is 5.10 Å². The first-order valence-corrected chi connectivity index (χ1v) is 11.1. The molecule has 1 aromatic carbocycles. The molecule has 0 unspecified atom stereocenters. The van der Waals surface area contributed by atoms with Crippen molar-refractivity contribution in [1.29, 1.82) is 0 Å². The average molecular weight is 447 g/mol. The molecule has 1 fully saturated rings. The highest BCUT2D eigenvalue weighted by Crippen LogP contribution is 2.26. The topological polar surface area (TPSA) is 93.6 Å². The van der Waals surface area contributed by atoms with Gasteiger partial charge < -0.3 is 18.8 Å². The molecule has 3 aromatic heterocycles.